The Morgan fingerprint density at radius 3 is 0.752 bits per heavy atom. The summed E-state index contributed by atoms with van der Waals surface area (Å²) in [6, 6.07) is 44.5. The van der Waals surface area contributed by atoms with Crippen LogP contribution in [-0.4, -0.2) is 109 Å². The van der Waals surface area contributed by atoms with Gasteiger partial charge in [-0.15, -0.1) is 0 Å². The lowest BCUT2D eigenvalue weighted by molar-refractivity contribution is -0.144. The molecule has 5 atom stereocenters. The van der Waals surface area contributed by atoms with Crippen molar-refractivity contribution in [2.45, 2.75) is 257 Å². The Hall–Kier alpha value is -7.47. The SMILES string of the molecule is CC(C)[Si](OC(=O)N[C@@H](Cc1ccccc1)C(=O)C[C@@H](Cc1ccccc1)C(=O)O)(C(C)C)C(C)C.CC(C)[Si](OC(=O)N[C@@H](Cc1ccccc1)C(=O)C[C@@H](Cc1ccccc1)C(=O)O[Si](C)(C)C)(C(C)C)C(C)C.CC(C)[Si](OC(=O)N[C@@H](Cc1ccccc1)C(=O)O)(C(C)C)C(C)C. The highest BCUT2D eigenvalue weighted by atomic mass is 28.4. The number of carboxylic acid groups (broad SMARTS) is 2. The van der Waals surface area contributed by atoms with Gasteiger partial charge in [-0.2, -0.15) is 0 Å². The van der Waals surface area contributed by atoms with Crippen LogP contribution in [-0.2, 0) is 73.8 Å². The first-order chi connectivity index (χ1) is 47.2. The summed E-state index contributed by atoms with van der Waals surface area (Å²) in [5.41, 5.74) is 6.47. The van der Waals surface area contributed by atoms with Crippen molar-refractivity contribution in [3.8, 4) is 0 Å². The molecule has 0 aliphatic carbocycles. The van der Waals surface area contributed by atoms with Crippen molar-refractivity contribution in [3.05, 3.63) is 179 Å². The van der Waals surface area contributed by atoms with Gasteiger partial charge < -0.3 is 43.9 Å². The molecule has 556 valence electrons. The van der Waals surface area contributed by atoms with E-state index >= 15 is 0 Å². The molecule has 21 heteroatoms. The van der Waals surface area contributed by atoms with Gasteiger partial charge in [0.2, 0.25) is 8.32 Å². The van der Waals surface area contributed by atoms with E-state index in [-0.39, 0.29) is 99.5 Å². The van der Waals surface area contributed by atoms with Crippen molar-refractivity contribution in [1.82, 2.24) is 16.0 Å². The molecule has 5 N–H and O–H groups in total. The predicted octanol–water partition coefficient (Wildman–Crippen LogP) is 18.7. The number of Topliss-reactive ketones (excluding diaryl/α,β-unsaturated/α-hetero) is 2. The van der Waals surface area contributed by atoms with Gasteiger partial charge in [0, 0.05) is 19.3 Å². The molecule has 0 spiro atoms. The molecule has 3 amide bonds. The van der Waals surface area contributed by atoms with Crippen LogP contribution >= 0.6 is 0 Å². The van der Waals surface area contributed by atoms with E-state index in [4.69, 9.17) is 17.7 Å². The number of rotatable bonds is 35. The minimum atomic E-state index is -2.50. The average molecular weight is 1460 g/mol. The third kappa shape index (κ3) is 27.3. The molecule has 0 heterocycles. The standard InChI is InChI=1S/C32H49NO5Si2.C29H41NO5Si.C19H31NO4Si/c1-23(2)40(24(3)4,25(5)6)38-32(36)33-29(21-27-18-14-11-15-19-27)30(34)22-28(31(35)37-39(7,8)9)20-26-16-12-10-13-17-26;1-20(2)36(21(3)4,22(5)6)35-29(34)30-26(18-24-15-11-8-12-16-24)27(31)19-25(28(32)33)17-23-13-9-7-10-14-23;1-13(2)25(14(3)4,15(5)6)24-19(23)20-17(18(21)22)12-16-10-8-7-9-11-16/h10-19,23-25,28-29H,20-22H2,1-9H3,(H,33,36);7-16,20-22,25-26H,17-19H2,1-6H3,(H,30,34)(H,32,33);7-11,13-15,17H,12H2,1-6H3,(H,20,23)(H,21,22)/t28-,29+;25-,26+;17-/m110/s1. The number of nitrogens with one attached hydrogen (secondary N) is 3. The monoisotopic (exact) mass is 1460 g/mol. The molecule has 0 unspecified atom stereocenters. The minimum Gasteiger partial charge on any atom is -0.520 e. The molecular weight excluding hydrogens is 1340 g/mol. The maximum Gasteiger partial charge on any atom is 0.394 e. The van der Waals surface area contributed by atoms with E-state index in [2.05, 4.69) is 141 Å². The maximum absolute atomic E-state index is 13.9. The van der Waals surface area contributed by atoms with Gasteiger partial charge >= 0.3 is 30.2 Å². The van der Waals surface area contributed by atoms with Gasteiger partial charge in [0.25, 0.3) is 30.9 Å². The number of ketones is 2. The summed E-state index contributed by atoms with van der Waals surface area (Å²) in [5.74, 6) is -4.50. The highest BCUT2D eigenvalue weighted by molar-refractivity contribution is 6.80. The van der Waals surface area contributed by atoms with Crippen LogP contribution in [0.1, 0.15) is 165 Å². The molecule has 0 aliphatic heterocycles. The Morgan fingerprint density at radius 2 is 0.525 bits per heavy atom. The summed E-state index contributed by atoms with van der Waals surface area (Å²) in [6.45, 7) is 43.6. The van der Waals surface area contributed by atoms with Crippen LogP contribution in [0, 0.1) is 11.8 Å². The number of carboxylic acids is 2. The van der Waals surface area contributed by atoms with E-state index in [1.54, 1.807) is 0 Å². The molecule has 0 aliphatic rings. The molecule has 5 rings (SSSR count). The fraction of sp³-hybridized carbons (Fsp3) is 0.525. The first-order valence-electron chi connectivity index (χ1n) is 36.1. The Morgan fingerprint density at radius 1 is 0.307 bits per heavy atom. The fourth-order valence-corrected chi connectivity index (χ4v) is 30.8. The van der Waals surface area contributed by atoms with Crippen molar-refractivity contribution >= 4 is 81.0 Å². The van der Waals surface area contributed by atoms with E-state index in [1.807, 2.05) is 171 Å². The van der Waals surface area contributed by atoms with E-state index in [1.165, 1.54) is 0 Å². The molecule has 0 aromatic heterocycles. The summed E-state index contributed by atoms with van der Waals surface area (Å²) >= 11 is 0. The number of amides is 3. The molecule has 101 heavy (non-hydrogen) atoms. The number of hydrogen-bond donors (Lipinski definition) is 5. The van der Waals surface area contributed by atoms with Gasteiger partial charge in [-0.25, -0.2) is 19.2 Å². The average Bonchev–Trinajstić information content (AvgIpc) is 0.810. The van der Waals surface area contributed by atoms with Crippen LogP contribution in [0.15, 0.2) is 152 Å². The Kier molecular flexibility index (Phi) is 36.1. The van der Waals surface area contributed by atoms with Crippen LogP contribution in [0.2, 0.25) is 69.5 Å². The van der Waals surface area contributed by atoms with E-state index in [0.717, 1.165) is 27.8 Å². The summed E-state index contributed by atoms with van der Waals surface area (Å²) in [7, 11) is -9.57. The molecule has 5 aromatic rings. The van der Waals surface area contributed by atoms with E-state index in [0.29, 0.717) is 12.8 Å². The number of benzene rings is 5. The maximum atomic E-state index is 13.9. The quantitative estimate of drug-likeness (QED) is 0.0237. The Balaban J connectivity index is 0.000000404. The highest BCUT2D eigenvalue weighted by Gasteiger charge is 2.51. The highest BCUT2D eigenvalue weighted by Crippen LogP contribution is 2.45. The lowest BCUT2D eigenvalue weighted by Gasteiger charge is -2.41. The molecular formula is C80H121N3O14Si4. The zero-order valence-corrected chi connectivity index (χ0v) is 68.3. The van der Waals surface area contributed by atoms with Crippen LogP contribution in [0.25, 0.3) is 0 Å². The fourth-order valence-electron chi connectivity index (χ4n) is 14.7. The van der Waals surface area contributed by atoms with Gasteiger partial charge in [-0.3, -0.25) is 19.2 Å². The van der Waals surface area contributed by atoms with Crippen molar-refractivity contribution in [3.63, 3.8) is 0 Å². The van der Waals surface area contributed by atoms with Crippen molar-refractivity contribution in [1.29, 1.82) is 0 Å². The molecule has 0 saturated carbocycles. The van der Waals surface area contributed by atoms with Gasteiger partial charge in [0.1, 0.15) is 6.04 Å². The topological polar surface area (TPSA) is 250 Å². The summed E-state index contributed by atoms with van der Waals surface area (Å²) in [4.78, 5) is 103. The Bertz CT molecular complexity index is 3280. The second-order valence-electron chi connectivity index (χ2n) is 30.6. The van der Waals surface area contributed by atoms with Gasteiger partial charge in [0.15, 0.2) is 11.6 Å². The normalized spacial score (nSPS) is 13.5. The predicted molar refractivity (Wildman–Crippen MR) is 415 cm³/mol. The number of carbonyl (C=O) groups is 8. The molecule has 5 aromatic carbocycles. The lowest BCUT2D eigenvalue weighted by atomic mass is 9.90. The molecule has 0 fully saturated rings. The third-order valence-corrected chi connectivity index (χ3v) is 38.0. The van der Waals surface area contributed by atoms with Crippen molar-refractivity contribution < 1.29 is 66.3 Å². The van der Waals surface area contributed by atoms with Crippen LogP contribution in [0.3, 0.4) is 0 Å². The lowest BCUT2D eigenvalue weighted by Crippen LogP contribution is -2.53. The summed E-state index contributed by atoms with van der Waals surface area (Å²) in [6.07, 6.45) is -0.529. The van der Waals surface area contributed by atoms with Crippen LogP contribution in [0.5, 0.6) is 0 Å². The molecule has 0 saturated heterocycles. The zero-order valence-electron chi connectivity index (χ0n) is 64.3. The molecule has 17 nitrogen and oxygen atoms in total. The number of carbonyl (C=O) groups excluding carboxylic acids is 6. The smallest absolute Gasteiger partial charge is 0.394 e. The zero-order chi connectivity index (χ0) is 76.2. The van der Waals surface area contributed by atoms with E-state index in [9.17, 15) is 48.6 Å². The van der Waals surface area contributed by atoms with Gasteiger partial charge in [-0.05, 0) is 123 Å². The van der Waals surface area contributed by atoms with E-state index < -0.39 is 93.4 Å². The van der Waals surface area contributed by atoms with Crippen molar-refractivity contribution in [2.75, 3.05) is 0 Å². The summed E-state index contributed by atoms with van der Waals surface area (Å²) in [5, 5.41) is 27.6. The van der Waals surface area contributed by atoms with Gasteiger partial charge in [0.05, 0.1) is 23.9 Å². The first-order valence-corrected chi connectivity index (χ1v) is 46.0. The number of aliphatic carboxylic acids is 2. The van der Waals surface area contributed by atoms with Gasteiger partial charge in [-0.1, -0.05) is 276 Å². The first kappa shape index (κ1) is 87.7. The van der Waals surface area contributed by atoms with Crippen LogP contribution < -0.4 is 16.0 Å². The van der Waals surface area contributed by atoms with Crippen molar-refractivity contribution in [2.24, 2.45) is 11.8 Å². The largest absolute Gasteiger partial charge is 0.520 e. The minimum absolute atomic E-state index is 0.0307. The second kappa shape index (κ2) is 41.6. The second-order valence-corrected chi connectivity index (χ2v) is 51.2. The number of hydrogen-bond acceptors (Lipinski definition) is 12. The Labute approximate surface area is 608 Å². The third-order valence-electron chi connectivity index (χ3n) is 19.4. The van der Waals surface area contributed by atoms with Crippen LogP contribution in [0.4, 0.5) is 14.4 Å². The summed E-state index contributed by atoms with van der Waals surface area (Å²) < 4.78 is 24.3. The molecule has 0 radical (unpaired) electrons. The molecule has 0 bridgehead atoms.